The van der Waals surface area contributed by atoms with Crippen LogP contribution in [0.2, 0.25) is 5.15 Å². The Bertz CT molecular complexity index is 426. The maximum atomic E-state index is 5.91. The van der Waals surface area contributed by atoms with Crippen LogP contribution in [0, 0.1) is 0 Å². The summed E-state index contributed by atoms with van der Waals surface area (Å²) in [4.78, 5) is 13.0. The molecule has 2 aliphatic heterocycles. The molecule has 3 heterocycles. The number of ether oxygens (including phenoxy) is 1. The molecule has 0 spiro atoms. The van der Waals surface area contributed by atoms with Crippen LogP contribution in [0.4, 0.5) is 5.82 Å². The predicted octanol–water partition coefficient (Wildman–Crippen LogP) is 1.04. The minimum absolute atomic E-state index is 0.502. The Morgan fingerprint density at radius 1 is 1.33 bits per heavy atom. The summed E-state index contributed by atoms with van der Waals surface area (Å²) < 4.78 is 5.27. The molecule has 1 atom stereocenters. The minimum atomic E-state index is 0.502. The third kappa shape index (κ3) is 2.30. The molecule has 0 saturated carbocycles. The van der Waals surface area contributed by atoms with E-state index in [1.807, 2.05) is 6.07 Å². The molecule has 1 unspecified atom stereocenters. The zero-order valence-corrected chi connectivity index (χ0v) is 11.2. The SMILES string of the molecule is CC1CN(c2cc(Cl)ncn2)CCN1C1COC1. The summed E-state index contributed by atoms with van der Waals surface area (Å²) in [6.07, 6.45) is 1.52. The maximum absolute atomic E-state index is 5.91. The van der Waals surface area contributed by atoms with E-state index in [9.17, 15) is 0 Å². The molecule has 3 rings (SSSR count). The second kappa shape index (κ2) is 4.99. The van der Waals surface area contributed by atoms with Crippen LogP contribution < -0.4 is 4.90 Å². The van der Waals surface area contributed by atoms with Crippen molar-refractivity contribution in [3.8, 4) is 0 Å². The van der Waals surface area contributed by atoms with Gasteiger partial charge in [-0.2, -0.15) is 0 Å². The molecule has 98 valence electrons. The fourth-order valence-electron chi connectivity index (χ4n) is 2.63. The van der Waals surface area contributed by atoms with Gasteiger partial charge in [-0.05, 0) is 6.92 Å². The van der Waals surface area contributed by atoms with Crippen molar-refractivity contribution in [3.05, 3.63) is 17.5 Å². The predicted molar refractivity (Wildman–Crippen MR) is 70.0 cm³/mol. The molecule has 0 radical (unpaired) electrons. The van der Waals surface area contributed by atoms with Gasteiger partial charge in [0.1, 0.15) is 17.3 Å². The molecule has 5 nitrogen and oxygen atoms in total. The number of piperazine rings is 1. The molecule has 0 amide bonds. The average molecular weight is 269 g/mol. The van der Waals surface area contributed by atoms with Crippen molar-refractivity contribution in [1.82, 2.24) is 14.9 Å². The van der Waals surface area contributed by atoms with Crippen molar-refractivity contribution in [2.75, 3.05) is 37.7 Å². The highest BCUT2D eigenvalue weighted by molar-refractivity contribution is 6.29. The molecular formula is C12H17ClN4O. The molecule has 0 N–H and O–H groups in total. The van der Waals surface area contributed by atoms with Gasteiger partial charge < -0.3 is 9.64 Å². The lowest BCUT2D eigenvalue weighted by Gasteiger charge is -2.46. The van der Waals surface area contributed by atoms with E-state index in [1.165, 1.54) is 6.33 Å². The van der Waals surface area contributed by atoms with Gasteiger partial charge in [0.25, 0.3) is 0 Å². The maximum Gasteiger partial charge on any atom is 0.134 e. The highest BCUT2D eigenvalue weighted by atomic mass is 35.5. The zero-order valence-electron chi connectivity index (χ0n) is 10.4. The Balaban J connectivity index is 1.67. The van der Waals surface area contributed by atoms with Crippen LogP contribution in [-0.2, 0) is 4.74 Å². The van der Waals surface area contributed by atoms with Gasteiger partial charge in [-0.1, -0.05) is 11.6 Å². The van der Waals surface area contributed by atoms with Crippen molar-refractivity contribution < 1.29 is 4.74 Å². The zero-order chi connectivity index (χ0) is 12.5. The summed E-state index contributed by atoms with van der Waals surface area (Å²) in [6.45, 7) is 7.02. The fraction of sp³-hybridized carbons (Fsp3) is 0.667. The van der Waals surface area contributed by atoms with E-state index >= 15 is 0 Å². The first-order valence-electron chi connectivity index (χ1n) is 6.30. The topological polar surface area (TPSA) is 41.5 Å². The second-order valence-electron chi connectivity index (χ2n) is 4.92. The summed E-state index contributed by atoms with van der Waals surface area (Å²) in [5.41, 5.74) is 0. The Hall–Kier alpha value is -0.910. The van der Waals surface area contributed by atoms with Crippen molar-refractivity contribution in [3.63, 3.8) is 0 Å². The standard InChI is InChI=1S/C12H17ClN4O/c1-9-5-16(12-4-11(13)14-8-15-12)2-3-17(9)10-6-18-7-10/h4,8-10H,2-3,5-7H2,1H3. The number of nitrogens with zero attached hydrogens (tertiary/aromatic N) is 4. The van der Waals surface area contributed by atoms with Crippen molar-refractivity contribution in [1.29, 1.82) is 0 Å². The highest BCUT2D eigenvalue weighted by Gasteiger charge is 2.33. The number of halogens is 1. The summed E-state index contributed by atoms with van der Waals surface area (Å²) in [5.74, 6) is 0.923. The van der Waals surface area contributed by atoms with Crippen molar-refractivity contribution in [2.24, 2.45) is 0 Å². The molecule has 2 saturated heterocycles. The molecule has 2 fully saturated rings. The van der Waals surface area contributed by atoms with E-state index < -0.39 is 0 Å². The fourth-order valence-corrected chi connectivity index (χ4v) is 2.78. The van der Waals surface area contributed by atoms with Gasteiger partial charge in [0, 0.05) is 31.7 Å². The number of hydrogen-bond donors (Lipinski definition) is 0. The van der Waals surface area contributed by atoms with Gasteiger partial charge in [0.2, 0.25) is 0 Å². The molecular weight excluding hydrogens is 252 g/mol. The van der Waals surface area contributed by atoms with Crippen LogP contribution in [0.3, 0.4) is 0 Å². The Kier molecular flexibility index (Phi) is 3.37. The molecule has 2 aliphatic rings. The van der Waals surface area contributed by atoms with Gasteiger partial charge >= 0.3 is 0 Å². The van der Waals surface area contributed by atoms with E-state index in [1.54, 1.807) is 0 Å². The Morgan fingerprint density at radius 3 is 2.78 bits per heavy atom. The number of rotatable bonds is 2. The minimum Gasteiger partial charge on any atom is -0.378 e. The van der Waals surface area contributed by atoms with Crippen LogP contribution in [0.25, 0.3) is 0 Å². The van der Waals surface area contributed by atoms with Crippen molar-refractivity contribution >= 4 is 17.4 Å². The van der Waals surface area contributed by atoms with Crippen LogP contribution in [-0.4, -0.2) is 59.8 Å². The third-order valence-electron chi connectivity index (χ3n) is 3.71. The van der Waals surface area contributed by atoms with Gasteiger partial charge in [0.15, 0.2) is 0 Å². The monoisotopic (exact) mass is 268 g/mol. The van der Waals surface area contributed by atoms with E-state index in [0.29, 0.717) is 17.2 Å². The second-order valence-corrected chi connectivity index (χ2v) is 5.31. The number of hydrogen-bond acceptors (Lipinski definition) is 5. The summed E-state index contributed by atoms with van der Waals surface area (Å²) in [5, 5.41) is 0.502. The van der Waals surface area contributed by atoms with Crippen LogP contribution in [0.15, 0.2) is 12.4 Å². The summed E-state index contributed by atoms with van der Waals surface area (Å²) >= 11 is 5.91. The van der Waals surface area contributed by atoms with Gasteiger partial charge in [0.05, 0.1) is 19.3 Å². The molecule has 1 aromatic heterocycles. The molecule has 6 heteroatoms. The highest BCUT2D eigenvalue weighted by Crippen LogP contribution is 2.22. The lowest BCUT2D eigenvalue weighted by Crippen LogP contribution is -2.60. The van der Waals surface area contributed by atoms with Gasteiger partial charge in [-0.15, -0.1) is 0 Å². The largest absolute Gasteiger partial charge is 0.378 e. The first-order chi connectivity index (χ1) is 8.74. The van der Waals surface area contributed by atoms with Crippen LogP contribution in [0.5, 0.6) is 0 Å². The molecule has 1 aromatic rings. The number of aromatic nitrogens is 2. The lowest BCUT2D eigenvalue weighted by molar-refractivity contribution is -0.0793. The van der Waals surface area contributed by atoms with Gasteiger partial charge in [-0.3, -0.25) is 4.90 Å². The third-order valence-corrected chi connectivity index (χ3v) is 3.92. The number of anilines is 1. The first kappa shape index (κ1) is 12.1. The van der Waals surface area contributed by atoms with Crippen molar-refractivity contribution in [2.45, 2.75) is 19.0 Å². The van der Waals surface area contributed by atoms with Gasteiger partial charge in [-0.25, -0.2) is 9.97 Å². The van der Waals surface area contributed by atoms with E-state index in [0.717, 1.165) is 38.7 Å². The lowest BCUT2D eigenvalue weighted by atomic mass is 10.1. The Labute approximate surface area is 112 Å². The molecule has 0 bridgehead atoms. The van der Waals surface area contributed by atoms with E-state index in [2.05, 4.69) is 26.7 Å². The smallest absolute Gasteiger partial charge is 0.134 e. The first-order valence-corrected chi connectivity index (χ1v) is 6.68. The quantitative estimate of drug-likeness (QED) is 0.750. The molecule has 0 aliphatic carbocycles. The summed E-state index contributed by atoms with van der Waals surface area (Å²) in [7, 11) is 0. The molecule has 18 heavy (non-hydrogen) atoms. The van der Waals surface area contributed by atoms with E-state index in [-0.39, 0.29) is 0 Å². The van der Waals surface area contributed by atoms with Crippen LogP contribution >= 0.6 is 11.6 Å². The summed E-state index contributed by atoms with van der Waals surface area (Å²) in [6, 6.07) is 2.95. The van der Waals surface area contributed by atoms with Crippen LogP contribution in [0.1, 0.15) is 6.92 Å². The normalized spacial score (nSPS) is 26.1. The average Bonchev–Trinajstić information content (AvgIpc) is 2.29. The van der Waals surface area contributed by atoms with E-state index in [4.69, 9.17) is 16.3 Å². The Morgan fingerprint density at radius 2 is 2.17 bits per heavy atom. The molecule has 0 aromatic carbocycles.